The van der Waals surface area contributed by atoms with Gasteiger partial charge < -0.3 is 0 Å². The number of hydrogen-bond acceptors (Lipinski definition) is 3. The predicted octanol–water partition coefficient (Wildman–Crippen LogP) is 1.40. The number of aryl methyl sites for hydroxylation is 2. The van der Waals surface area contributed by atoms with Crippen LogP contribution in [0.1, 0.15) is 0 Å². The van der Waals surface area contributed by atoms with Gasteiger partial charge in [-0.05, 0) is 28.7 Å². The average molecular weight is 351 g/mol. The van der Waals surface area contributed by atoms with Gasteiger partial charge in [-0.15, -0.1) is 0 Å². The molecule has 0 fully saturated rings. The normalized spacial score (nSPS) is 10.6. The molecule has 0 atom stereocenters. The highest BCUT2D eigenvalue weighted by Crippen LogP contribution is 2.09. The van der Waals surface area contributed by atoms with Gasteiger partial charge in [0.15, 0.2) is 0 Å². The molecule has 5 nitrogen and oxygen atoms in total. The topological polar surface area (TPSA) is 52.7 Å². The van der Waals surface area contributed by atoms with Gasteiger partial charge >= 0.3 is 0 Å². The summed E-state index contributed by atoms with van der Waals surface area (Å²) in [5, 5.41) is 4.30. The van der Waals surface area contributed by atoms with Crippen molar-refractivity contribution in [3.63, 3.8) is 0 Å². The first kappa shape index (κ1) is 11.6. The van der Waals surface area contributed by atoms with E-state index in [2.05, 4.69) is 10.1 Å². The Bertz CT molecular complexity index is 537. The molecule has 0 saturated heterocycles. The number of rotatable bonds is 3. The maximum absolute atomic E-state index is 11.8. The van der Waals surface area contributed by atoms with Gasteiger partial charge in [-0.1, -0.05) is 11.6 Å². The molecule has 0 aliphatic rings. The fraction of sp³-hybridized carbons (Fsp3) is 0.222. The SMILES string of the molecule is O=c1c(I)c(Cl)ncn1CCn1cccn1. The molecule has 0 aliphatic carbocycles. The van der Waals surface area contributed by atoms with Gasteiger partial charge in [0.05, 0.1) is 12.9 Å². The smallest absolute Gasteiger partial charge is 0.268 e. The van der Waals surface area contributed by atoms with Crippen LogP contribution in [0.3, 0.4) is 0 Å². The Morgan fingerprint density at radius 2 is 2.25 bits per heavy atom. The molecule has 2 aromatic heterocycles. The Balaban J connectivity index is 2.17. The van der Waals surface area contributed by atoms with Crippen molar-refractivity contribution in [2.24, 2.45) is 0 Å². The summed E-state index contributed by atoms with van der Waals surface area (Å²) in [6.07, 6.45) is 5.00. The lowest BCUT2D eigenvalue weighted by Gasteiger charge is -2.06. The second kappa shape index (κ2) is 4.96. The zero-order valence-corrected chi connectivity index (χ0v) is 11.1. The molecule has 16 heavy (non-hydrogen) atoms. The lowest BCUT2D eigenvalue weighted by Crippen LogP contribution is -2.25. The Hall–Kier alpha value is -0.890. The highest BCUT2D eigenvalue weighted by Gasteiger charge is 2.06. The maximum atomic E-state index is 11.8. The van der Waals surface area contributed by atoms with Crippen LogP contribution < -0.4 is 5.56 Å². The van der Waals surface area contributed by atoms with E-state index in [0.29, 0.717) is 16.7 Å². The van der Waals surface area contributed by atoms with E-state index in [1.807, 2.05) is 34.9 Å². The van der Waals surface area contributed by atoms with Crippen LogP contribution in [0, 0.1) is 3.57 Å². The Morgan fingerprint density at radius 3 is 2.94 bits per heavy atom. The number of nitrogens with zero attached hydrogens (tertiary/aromatic N) is 4. The minimum atomic E-state index is -0.118. The van der Waals surface area contributed by atoms with E-state index in [4.69, 9.17) is 11.6 Å². The maximum Gasteiger partial charge on any atom is 0.268 e. The summed E-state index contributed by atoms with van der Waals surface area (Å²) >= 11 is 7.63. The number of aromatic nitrogens is 4. The van der Waals surface area contributed by atoms with Gasteiger partial charge in [-0.25, -0.2) is 4.98 Å². The van der Waals surface area contributed by atoms with E-state index >= 15 is 0 Å². The van der Waals surface area contributed by atoms with E-state index in [-0.39, 0.29) is 10.7 Å². The third-order valence-corrected chi connectivity index (χ3v) is 3.65. The van der Waals surface area contributed by atoms with E-state index in [0.717, 1.165) is 0 Å². The lowest BCUT2D eigenvalue weighted by molar-refractivity contribution is 0.517. The monoisotopic (exact) mass is 350 g/mol. The van der Waals surface area contributed by atoms with Crippen molar-refractivity contribution in [2.75, 3.05) is 0 Å². The van der Waals surface area contributed by atoms with Crippen LogP contribution in [-0.4, -0.2) is 19.3 Å². The summed E-state index contributed by atoms with van der Waals surface area (Å²) in [7, 11) is 0. The van der Waals surface area contributed by atoms with Crippen molar-refractivity contribution in [2.45, 2.75) is 13.1 Å². The van der Waals surface area contributed by atoms with Crippen LogP contribution in [-0.2, 0) is 13.1 Å². The molecule has 2 aromatic rings. The summed E-state index contributed by atoms with van der Waals surface area (Å²) in [4.78, 5) is 15.7. The molecule has 0 spiro atoms. The summed E-state index contributed by atoms with van der Waals surface area (Å²) in [5.41, 5.74) is -0.118. The van der Waals surface area contributed by atoms with Crippen LogP contribution in [0.25, 0.3) is 0 Å². The van der Waals surface area contributed by atoms with E-state index in [9.17, 15) is 4.79 Å². The lowest BCUT2D eigenvalue weighted by atomic mass is 10.5. The van der Waals surface area contributed by atoms with Crippen LogP contribution in [0.4, 0.5) is 0 Å². The highest BCUT2D eigenvalue weighted by molar-refractivity contribution is 14.1. The summed E-state index contributed by atoms with van der Waals surface area (Å²) < 4.78 is 3.73. The summed E-state index contributed by atoms with van der Waals surface area (Å²) in [6.45, 7) is 1.16. The quantitative estimate of drug-likeness (QED) is 0.621. The molecule has 2 rings (SSSR count). The van der Waals surface area contributed by atoms with E-state index in [1.165, 1.54) is 10.9 Å². The molecule has 0 bridgehead atoms. The zero-order chi connectivity index (χ0) is 11.5. The van der Waals surface area contributed by atoms with Crippen molar-refractivity contribution in [3.8, 4) is 0 Å². The molecule has 7 heteroatoms. The molecule has 0 aromatic carbocycles. The molecule has 0 aliphatic heterocycles. The second-order valence-corrected chi connectivity index (χ2v) is 4.55. The van der Waals surface area contributed by atoms with Crippen LogP contribution in [0.2, 0.25) is 5.15 Å². The fourth-order valence-corrected chi connectivity index (χ4v) is 1.82. The first-order valence-corrected chi connectivity index (χ1v) is 6.02. The van der Waals surface area contributed by atoms with Crippen molar-refractivity contribution in [1.29, 1.82) is 0 Å². The van der Waals surface area contributed by atoms with Crippen molar-refractivity contribution in [1.82, 2.24) is 19.3 Å². The van der Waals surface area contributed by atoms with Crippen LogP contribution in [0.15, 0.2) is 29.6 Å². The van der Waals surface area contributed by atoms with Gasteiger partial charge in [-0.2, -0.15) is 5.10 Å². The van der Waals surface area contributed by atoms with Gasteiger partial charge in [-0.3, -0.25) is 14.0 Å². The standard InChI is InChI=1S/C9H8ClIN4O/c10-8-7(11)9(16)14(6-12-8)4-5-15-3-1-2-13-15/h1-3,6H,4-5H2. The minimum Gasteiger partial charge on any atom is -0.296 e. The van der Waals surface area contributed by atoms with E-state index in [1.54, 1.807) is 10.9 Å². The molecule has 0 unspecified atom stereocenters. The van der Waals surface area contributed by atoms with Crippen molar-refractivity contribution in [3.05, 3.63) is 43.9 Å². The third-order valence-electron chi connectivity index (χ3n) is 2.07. The van der Waals surface area contributed by atoms with Gasteiger partial charge in [0.1, 0.15) is 8.72 Å². The molecule has 2 heterocycles. The second-order valence-electron chi connectivity index (χ2n) is 3.12. The van der Waals surface area contributed by atoms with Gasteiger partial charge in [0.25, 0.3) is 5.56 Å². The summed E-state index contributed by atoms with van der Waals surface area (Å²) in [6, 6.07) is 1.84. The Labute approximate surface area is 110 Å². The van der Waals surface area contributed by atoms with Gasteiger partial charge in [0.2, 0.25) is 0 Å². The molecule has 0 saturated carbocycles. The molecule has 0 amide bonds. The zero-order valence-electron chi connectivity index (χ0n) is 8.18. The fourth-order valence-electron chi connectivity index (χ4n) is 1.25. The first-order chi connectivity index (χ1) is 7.68. The molecule has 0 radical (unpaired) electrons. The van der Waals surface area contributed by atoms with E-state index < -0.39 is 0 Å². The number of halogens is 2. The molecular formula is C9H8ClIN4O. The Morgan fingerprint density at radius 1 is 1.44 bits per heavy atom. The number of hydrogen-bond donors (Lipinski definition) is 0. The van der Waals surface area contributed by atoms with Crippen molar-refractivity contribution >= 4 is 34.2 Å². The molecular weight excluding hydrogens is 342 g/mol. The van der Waals surface area contributed by atoms with Crippen LogP contribution in [0.5, 0.6) is 0 Å². The minimum absolute atomic E-state index is 0.118. The van der Waals surface area contributed by atoms with Crippen LogP contribution >= 0.6 is 34.2 Å². The predicted molar refractivity (Wildman–Crippen MR) is 68.5 cm³/mol. The average Bonchev–Trinajstić information content (AvgIpc) is 2.78. The van der Waals surface area contributed by atoms with Crippen molar-refractivity contribution < 1.29 is 0 Å². The third kappa shape index (κ3) is 2.43. The Kier molecular flexibility index (Phi) is 3.59. The summed E-state index contributed by atoms with van der Waals surface area (Å²) in [5.74, 6) is 0. The first-order valence-electron chi connectivity index (χ1n) is 4.56. The molecule has 0 N–H and O–H groups in total. The molecule has 84 valence electrons. The largest absolute Gasteiger partial charge is 0.296 e. The van der Waals surface area contributed by atoms with Gasteiger partial charge in [0, 0.05) is 18.9 Å². The highest BCUT2D eigenvalue weighted by atomic mass is 127.